The molecular weight excluding hydrogens is 120 g/mol. The molecule has 0 spiro atoms. The summed E-state index contributed by atoms with van der Waals surface area (Å²) in [6.07, 6.45) is 1.72. The zero-order valence-electron chi connectivity index (χ0n) is 5.16. The maximum atomic E-state index is 10.0. The molecule has 0 saturated carbocycles. The van der Waals surface area contributed by atoms with Crippen molar-refractivity contribution in [3.05, 3.63) is 18.3 Å². The minimum Gasteiger partial charge on any atom is -0.478 e. The van der Waals surface area contributed by atoms with E-state index in [1.807, 2.05) is 0 Å². The number of carboxylic acid groups (broad SMARTS) is 1. The van der Waals surface area contributed by atoms with Gasteiger partial charge in [-0.25, -0.2) is 4.79 Å². The third-order valence-corrected chi connectivity index (χ3v) is 0.867. The van der Waals surface area contributed by atoms with E-state index in [4.69, 9.17) is 10.2 Å². The number of aliphatic hydroxyl groups excluding tert-OH is 1. The van der Waals surface area contributed by atoms with Gasteiger partial charge in [-0.3, -0.25) is 0 Å². The lowest BCUT2D eigenvalue weighted by Gasteiger charge is -1.89. The predicted molar refractivity (Wildman–Crippen MR) is 32.2 cm³/mol. The van der Waals surface area contributed by atoms with Crippen LogP contribution in [0.1, 0.15) is 13.3 Å². The third kappa shape index (κ3) is 3.73. The lowest BCUT2D eigenvalue weighted by molar-refractivity contribution is -0.132. The van der Waals surface area contributed by atoms with E-state index in [1.54, 1.807) is 0 Å². The van der Waals surface area contributed by atoms with Gasteiger partial charge in [-0.05, 0) is 13.3 Å². The molecule has 3 nitrogen and oxygen atoms in total. The predicted octanol–water partition coefficient (Wildman–Crippen LogP) is 0.942. The summed E-state index contributed by atoms with van der Waals surface area (Å²) < 4.78 is 0. The van der Waals surface area contributed by atoms with Crippen LogP contribution >= 0.6 is 0 Å². The maximum Gasteiger partial charge on any atom is 0.330 e. The van der Waals surface area contributed by atoms with Gasteiger partial charge in [-0.2, -0.15) is 0 Å². The second-order valence-electron chi connectivity index (χ2n) is 1.61. The van der Waals surface area contributed by atoms with Gasteiger partial charge < -0.3 is 10.2 Å². The number of rotatable bonds is 3. The molecule has 0 aliphatic rings. The van der Waals surface area contributed by atoms with Gasteiger partial charge in [0, 0.05) is 5.57 Å². The average Bonchev–Trinajstić information content (AvgIpc) is 1.82. The van der Waals surface area contributed by atoms with Crippen LogP contribution in [0.5, 0.6) is 0 Å². The Balaban J connectivity index is 3.69. The second kappa shape index (κ2) is 4.09. The fraction of sp³-hybridized carbons (Fsp3) is 0.333. The van der Waals surface area contributed by atoms with Crippen LogP contribution in [0.2, 0.25) is 0 Å². The maximum absolute atomic E-state index is 10.0. The Morgan fingerprint density at radius 3 is 2.56 bits per heavy atom. The van der Waals surface area contributed by atoms with Crippen LogP contribution in [0.3, 0.4) is 0 Å². The Morgan fingerprint density at radius 1 is 1.67 bits per heavy atom. The molecule has 0 amide bonds. The normalized spacial score (nSPS) is 11.6. The molecule has 0 bridgehead atoms. The molecule has 3 heteroatoms. The van der Waals surface area contributed by atoms with Crippen LogP contribution in [0.4, 0.5) is 0 Å². The van der Waals surface area contributed by atoms with Gasteiger partial charge in [0.15, 0.2) is 0 Å². The lowest BCUT2D eigenvalue weighted by Crippen LogP contribution is -1.95. The van der Waals surface area contributed by atoms with Crippen molar-refractivity contribution in [2.75, 3.05) is 0 Å². The number of hydrogen-bond donors (Lipinski definition) is 2. The molecule has 0 fully saturated rings. The third-order valence-electron chi connectivity index (χ3n) is 0.867. The number of carboxylic acids is 1. The van der Waals surface area contributed by atoms with E-state index in [-0.39, 0.29) is 12.0 Å². The van der Waals surface area contributed by atoms with Gasteiger partial charge in [0.25, 0.3) is 0 Å². The van der Waals surface area contributed by atoms with Crippen molar-refractivity contribution in [3.8, 4) is 0 Å². The van der Waals surface area contributed by atoms with E-state index in [0.29, 0.717) is 0 Å². The summed E-state index contributed by atoms with van der Waals surface area (Å²) in [5, 5.41) is 16.4. The fourth-order valence-electron chi connectivity index (χ4n) is 0.317. The summed E-state index contributed by atoms with van der Waals surface area (Å²) in [7, 11) is 0. The van der Waals surface area contributed by atoms with Gasteiger partial charge in [0.2, 0.25) is 0 Å². The highest BCUT2D eigenvalue weighted by atomic mass is 16.4. The van der Waals surface area contributed by atoms with Crippen molar-refractivity contribution in [1.29, 1.82) is 0 Å². The van der Waals surface area contributed by atoms with Crippen molar-refractivity contribution in [1.82, 2.24) is 0 Å². The molecule has 0 atom stereocenters. The topological polar surface area (TPSA) is 57.5 Å². The molecule has 51 valence electrons. The van der Waals surface area contributed by atoms with Gasteiger partial charge in [0.1, 0.15) is 0 Å². The summed E-state index contributed by atoms with van der Waals surface area (Å²) in [6.45, 7) is 2.39. The zero-order chi connectivity index (χ0) is 7.28. The van der Waals surface area contributed by atoms with Gasteiger partial charge in [0.05, 0.1) is 6.61 Å². The molecular formula is C6H9O3. The molecule has 0 aliphatic heterocycles. The molecule has 0 aliphatic carbocycles. The van der Waals surface area contributed by atoms with Crippen molar-refractivity contribution < 1.29 is 15.0 Å². The van der Waals surface area contributed by atoms with Gasteiger partial charge in [-0.15, -0.1) is 0 Å². The van der Waals surface area contributed by atoms with E-state index in [1.165, 1.54) is 13.0 Å². The average molecular weight is 129 g/mol. The second-order valence-corrected chi connectivity index (χ2v) is 1.61. The monoisotopic (exact) mass is 129 g/mol. The van der Waals surface area contributed by atoms with Crippen LogP contribution in [0.25, 0.3) is 0 Å². The molecule has 0 heterocycles. The summed E-state index contributed by atoms with van der Waals surface area (Å²) >= 11 is 0. The number of carbonyl (C=O) groups is 1. The molecule has 0 unspecified atom stereocenters. The standard InChI is InChI=1S/C6H9O3/c1-5(6(8)9)3-2-4-7/h3-4,7H,2H2,1H3,(H,8,9)/b5-3-. The Bertz CT molecular complexity index is 126. The SMILES string of the molecule is C/C(=C/C[CH]O)C(=O)O. The highest BCUT2D eigenvalue weighted by molar-refractivity contribution is 5.85. The molecule has 0 aromatic carbocycles. The van der Waals surface area contributed by atoms with E-state index >= 15 is 0 Å². The van der Waals surface area contributed by atoms with Crippen molar-refractivity contribution in [2.45, 2.75) is 13.3 Å². The Hall–Kier alpha value is -0.830. The first kappa shape index (κ1) is 8.17. The molecule has 0 rings (SSSR count). The first-order valence-corrected chi connectivity index (χ1v) is 2.54. The van der Waals surface area contributed by atoms with Crippen LogP contribution in [-0.4, -0.2) is 16.2 Å². The zero-order valence-corrected chi connectivity index (χ0v) is 5.16. The number of aliphatic carboxylic acids is 1. The van der Waals surface area contributed by atoms with E-state index in [2.05, 4.69) is 0 Å². The van der Waals surface area contributed by atoms with Crippen LogP contribution in [0, 0.1) is 6.61 Å². The molecule has 2 N–H and O–H groups in total. The molecule has 0 saturated heterocycles. The lowest BCUT2D eigenvalue weighted by atomic mass is 10.2. The van der Waals surface area contributed by atoms with E-state index < -0.39 is 5.97 Å². The van der Waals surface area contributed by atoms with Gasteiger partial charge >= 0.3 is 5.97 Å². The largest absolute Gasteiger partial charge is 0.478 e. The van der Waals surface area contributed by atoms with Crippen LogP contribution in [0.15, 0.2) is 11.6 Å². The Kier molecular flexibility index (Phi) is 3.71. The molecule has 1 radical (unpaired) electrons. The Labute approximate surface area is 53.6 Å². The van der Waals surface area contributed by atoms with Crippen molar-refractivity contribution >= 4 is 5.97 Å². The first-order valence-electron chi connectivity index (χ1n) is 2.54. The van der Waals surface area contributed by atoms with Crippen molar-refractivity contribution in [2.24, 2.45) is 0 Å². The first-order chi connectivity index (χ1) is 4.18. The number of hydrogen-bond acceptors (Lipinski definition) is 2. The minimum absolute atomic E-state index is 0.250. The molecule has 0 aromatic rings. The summed E-state index contributed by atoms with van der Waals surface area (Å²) in [5.41, 5.74) is 0.250. The minimum atomic E-state index is -0.947. The number of aliphatic hydroxyl groups is 1. The quantitative estimate of drug-likeness (QED) is 0.557. The van der Waals surface area contributed by atoms with E-state index in [0.717, 1.165) is 6.61 Å². The summed E-state index contributed by atoms with van der Waals surface area (Å²) in [6, 6.07) is 0. The van der Waals surface area contributed by atoms with Crippen LogP contribution in [-0.2, 0) is 4.79 Å². The van der Waals surface area contributed by atoms with Gasteiger partial charge in [-0.1, -0.05) is 6.08 Å². The van der Waals surface area contributed by atoms with Crippen molar-refractivity contribution in [3.63, 3.8) is 0 Å². The Morgan fingerprint density at radius 2 is 2.22 bits per heavy atom. The van der Waals surface area contributed by atoms with Crippen LogP contribution < -0.4 is 0 Å². The smallest absolute Gasteiger partial charge is 0.330 e. The molecule has 0 aromatic heterocycles. The highest BCUT2D eigenvalue weighted by Crippen LogP contribution is 1.95. The van der Waals surface area contributed by atoms with E-state index in [9.17, 15) is 4.79 Å². The summed E-state index contributed by atoms with van der Waals surface area (Å²) in [5.74, 6) is -0.947. The summed E-state index contributed by atoms with van der Waals surface area (Å²) in [4.78, 5) is 10.0. The molecule has 9 heavy (non-hydrogen) atoms. The fourth-order valence-corrected chi connectivity index (χ4v) is 0.317. The highest BCUT2D eigenvalue weighted by Gasteiger charge is 1.96.